The van der Waals surface area contributed by atoms with Crippen LogP contribution in [0.2, 0.25) is 0 Å². The number of rotatable bonds is 5. The summed E-state index contributed by atoms with van der Waals surface area (Å²) in [4.78, 5) is 25.5. The Labute approximate surface area is 118 Å². The Hall–Kier alpha value is -2.04. The molecule has 0 aromatic heterocycles. The maximum Gasteiger partial charge on any atom is 0.264 e. The van der Waals surface area contributed by atoms with Crippen molar-refractivity contribution >= 4 is 11.8 Å². The fourth-order valence-electron chi connectivity index (χ4n) is 2.30. The second-order valence-electron chi connectivity index (χ2n) is 4.72. The Morgan fingerprint density at radius 1 is 1.35 bits per heavy atom. The molecular formula is C15H20N2O3. The summed E-state index contributed by atoms with van der Waals surface area (Å²) < 4.78 is 5.67. The van der Waals surface area contributed by atoms with E-state index in [0.29, 0.717) is 19.5 Å². The highest BCUT2D eigenvalue weighted by atomic mass is 16.5. The molecule has 0 bridgehead atoms. The molecule has 0 fully saturated rings. The van der Waals surface area contributed by atoms with Crippen LogP contribution in [0.5, 0.6) is 5.75 Å². The molecule has 0 radical (unpaired) electrons. The molecule has 1 atom stereocenters. The topological polar surface area (TPSA) is 58.6 Å². The van der Waals surface area contributed by atoms with E-state index in [2.05, 4.69) is 5.32 Å². The minimum Gasteiger partial charge on any atom is -0.480 e. The molecular weight excluding hydrogens is 256 g/mol. The number of hydrogen-bond donors (Lipinski definition) is 1. The van der Waals surface area contributed by atoms with Gasteiger partial charge in [-0.3, -0.25) is 9.59 Å². The van der Waals surface area contributed by atoms with E-state index in [0.717, 1.165) is 11.3 Å². The molecule has 2 amide bonds. The van der Waals surface area contributed by atoms with Crippen LogP contribution in [0, 0.1) is 0 Å². The van der Waals surface area contributed by atoms with Gasteiger partial charge in [0, 0.05) is 19.5 Å². The number of carbonyl (C=O) groups is 2. The van der Waals surface area contributed by atoms with E-state index < -0.39 is 6.10 Å². The Morgan fingerprint density at radius 3 is 2.75 bits per heavy atom. The first kappa shape index (κ1) is 14.4. The van der Waals surface area contributed by atoms with Crippen molar-refractivity contribution in [1.29, 1.82) is 0 Å². The fourth-order valence-corrected chi connectivity index (χ4v) is 2.30. The summed E-state index contributed by atoms with van der Waals surface area (Å²) in [5, 5.41) is 2.70. The number of likely N-dealkylation sites (N-methyl/N-ethyl adjacent to an activating group) is 2. The number of nitrogens with zero attached hydrogens (tertiary/aromatic N) is 1. The molecule has 1 heterocycles. The van der Waals surface area contributed by atoms with Crippen LogP contribution in [0.25, 0.3) is 0 Å². The number of amides is 2. The molecule has 1 N–H and O–H groups in total. The van der Waals surface area contributed by atoms with Gasteiger partial charge >= 0.3 is 0 Å². The van der Waals surface area contributed by atoms with Gasteiger partial charge in [0.2, 0.25) is 5.91 Å². The lowest BCUT2D eigenvalue weighted by Gasteiger charge is -2.23. The van der Waals surface area contributed by atoms with Crippen LogP contribution < -0.4 is 10.1 Å². The van der Waals surface area contributed by atoms with Crippen LogP contribution in [0.3, 0.4) is 0 Å². The van der Waals surface area contributed by atoms with E-state index in [1.54, 1.807) is 0 Å². The van der Waals surface area contributed by atoms with Gasteiger partial charge in [-0.1, -0.05) is 18.2 Å². The molecule has 1 aliphatic rings. The molecule has 1 aromatic rings. The summed E-state index contributed by atoms with van der Waals surface area (Å²) in [7, 11) is 0. The zero-order chi connectivity index (χ0) is 14.5. The normalized spacial score (nSPS) is 16.2. The molecule has 0 saturated heterocycles. The van der Waals surface area contributed by atoms with E-state index >= 15 is 0 Å². The number of nitrogens with one attached hydrogen (secondary N) is 1. The largest absolute Gasteiger partial charge is 0.480 e. The minimum atomic E-state index is -0.512. The summed E-state index contributed by atoms with van der Waals surface area (Å²) >= 11 is 0. The lowest BCUT2D eigenvalue weighted by Crippen LogP contribution is -2.46. The van der Waals surface area contributed by atoms with Crippen molar-refractivity contribution in [1.82, 2.24) is 10.2 Å². The number of para-hydroxylation sites is 1. The molecule has 108 valence electrons. The quantitative estimate of drug-likeness (QED) is 0.872. The van der Waals surface area contributed by atoms with Gasteiger partial charge in [-0.2, -0.15) is 0 Å². The van der Waals surface area contributed by atoms with Crippen LogP contribution in [-0.2, 0) is 16.0 Å². The van der Waals surface area contributed by atoms with E-state index in [4.69, 9.17) is 4.74 Å². The molecule has 1 aliphatic heterocycles. The third-order valence-electron chi connectivity index (χ3n) is 3.32. The number of hydrogen-bond acceptors (Lipinski definition) is 3. The van der Waals surface area contributed by atoms with Crippen molar-refractivity contribution in [2.75, 3.05) is 19.6 Å². The van der Waals surface area contributed by atoms with Crippen LogP contribution in [0.4, 0.5) is 0 Å². The molecule has 1 unspecified atom stereocenters. The first-order chi connectivity index (χ1) is 9.65. The SMILES string of the molecule is CCNC(=O)CN(CC)C(=O)C1Cc2ccccc2O1. The maximum atomic E-state index is 12.4. The van der Waals surface area contributed by atoms with Gasteiger partial charge in [0.1, 0.15) is 5.75 Å². The highest BCUT2D eigenvalue weighted by molar-refractivity contribution is 5.87. The van der Waals surface area contributed by atoms with Gasteiger partial charge < -0.3 is 15.0 Å². The molecule has 20 heavy (non-hydrogen) atoms. The monoisotopic (exact) mass is 276 g/mol. The lowest BCUT2D eigenvalue weighted by molar-refractivity contribution is -0.141. The van der Waals surface area contributed by atoms with E-state index in [1.807, 2.05) is 38.1 Å². The van der Waals surface area contributed by atoms with Crippen LogP contribution in [0.15, 0.2) is 24.3 Å². The number of carbonyl (C=O) groups excluding carboxylic acids is 2. The van der Waals surface area contributed by atoms with Crippen molar-refractivity contribution in [2.45, 2.75) is 26.4 Å². The molecule has 0 saturated carbocycles. The highest BCUT2D eigenvalue weighted by Gasteiger charge is 2.32. The van der Waals surface area contributed by atoms with Crippen LogP contribution in [-0.4, -0.2) is 42.5 Å². The molecule has 0 aliphatic carbocycles. The van der Waals surface area contributed by atoms with Crippen molar-refractivity contribution < 1.29 is 14.3 Å². The Balaban J connectivity index is 1.99. The van der Waals surface area contributed by atoms with Gasteiger partial charge in [-0.15, -0.1) is 0 Å². The highest BCUT2D eigenvalue weighted by Crippen LogP contribution is 2.28. The summed E-state index contributed by atoms with van der Waals surface area (Å²) in [5.74, 6) is 0.494. The summed E-state index contributed by atoms with van der Waals surface area (Å²) in [6, 6.07) is 7.64. The van der Waals surface area contributed by atoms with Crippen molar-refractivity contribution in [2.24, 2.45) is 0 Å². The zero-order valence-electron chi connectivity index (χ0n) is 11.9. The van der Waals surface area contributed by atoms with Crippen molar-refractivity contribution in [3.8, 4) is 5.75 Å². The molecule has 5 heteroatoms. The first-order valence-electron chi connectivity index (χ1n) is 6.95. The van der Waals surface area contributed by atoms with E-state index in [1.165, 1.54) is 4.90 Å². The molecule has 0 spiro atoms. The van der Waals surface area contributed by atoms with E-state index in [-0.39, 0.29) is 18.4 Å². The zero-order valence-corrected chi connectivity index (χ0v) is 11.9. The average molecular weight is 276 g/mol. The Bertz CT molecular complexity index is 477. The molecule has 2 rings (SSSR count). The minimum absolute atomic E-state index is 0.0827. The summed E-state index contributed by atoms with van der Waals surface area (Å²) in [5.41, 5.74) is 1.04. The Morgan fingerprint density at radius 2 is 2.10 bits per heavy atom. The number of ether oxygens (including phenoxy) is 1. The third kappa shape index (κ3) is 3.10. The number of fused-ring (bicyclic) bond motifs is 1. The summed E-state index contributed by atoms with van der Waals surface area (Å²) in [6.45, 7) is 4.85. The van der Waals surface area contributed by atoms with Crippen molar-refractivity contribution in [3.05, 3.63) is 29.8 Å². The smallest absolute Gasteiger partial charge is 0.264 e. The van der Waals surface area contributed by atoms with Gasteiger partial charge in [-0.05, 0) is 25.5 Å². The standard InChI is InChI=1S/C15H20N2O3/c1-3-16-14(18)10-17(4-2)15(19)13-9-11-7-5-6-8-12(11)20-13/h5-8,13H,3-4,9-10H2,1-2H3,(H,16,18). The van der Waals surface area contributed by atoms with Gasteiger partial charge in [0.15, 0.2) is 6.10 Å². The predicted octanol–water partition coefficient (Wildman–Crippen LogP) is 0.975. The molecule has 5 nitrogen and oxygen atoms in total. The second kappa shape index (κ2) is 6.41. The molecule has 1 aromatic carbocycles. The van der Waals surface area contributed by atoms with E-state index in [9.17, 15) is 9.59 Å². The second-order valence-corrected chi connectivity index (χ2v) is 4.72. The lowest BCUT2D eigenvalue weighted by atomic mass is 10.1. The van der Waals surface area contributed by atoms with Gasteiger partial charge in [0.05, 0.1) is 6.54 Å². The number of benzene rings is 1. The average Bonchev–Trinajstić information content (AvgIpc) is 2.88. The van der Waals surface area contributed by atoms with Gasteiger partial charge in [-0.25, -0.2) is 0 Å². The Kier molecular flexibility index (Phi) is 4.61. The maximum absolute atomic E-state index is 12.4. The van der Waals surface area contributed by atoms with Crippen molar-refractivity contribution in [3.63, 3.8) is 0 Å². The summed E-state index contributed by atoms with van der Waals surface area (Å²) in [6.07, 6.45) is 0.0581. The predicted molar refractivity (Wildman–Crippen MR) is 75.5 cm³/mol. The third-order valence-corrected chi connectivity index (χ3v) is 3.32. The fraction of sp³-hybridized carbons (Fsp3) is 0.467. The van der Waals surface area contributed by atoms with Crippen LogP contribution in [0.1, 0.15) is 19.4 Å². The first-order valence-corrected chi connectivity index (χ1v) is 6.95. The van der Waals surface area contributed by atoms with Crippen LogP contribution >= 0.6 is 0 Å². The van der Waals surface area contributed by atoms with Gasteiger partial charge in [0.25, 0.3) is 5.91 Å².